The molecular weight excluding hydrogens is 372 g/mol. The number of anilines is 1. The zero-order valence-corrected chi connectivity index (χ0v) is 18.6. The fourth-order valence-electron chi connectivity index (χ4n) is 3.66. The SMILES string of the molecule is CC.Cc1cnc(N(C)C2CNC2)cc1C(=O)NC(C)c1cccc2ccccc12. The first-order valence-electron chi connectivity index (χ1n) is 10.7. The van der Waals surface area contributed by atoms with Crippen LogP contribution in [0.25, 0.3) is 10.8 Å². The molecule has 0 aliphatic carbocycles. The fourth-order valence-corrected chi connectivity index (χ4v) is 3.66. The number of benzene rings is 2. The second-order valence-corrected chi connectivity index (χ2v) is 7.54. The van der Waals surface area contributed by atoms with Gasteiger partial charge < -0.3 is 15.5 Å². The van der Waals surface area contributed by atoms with E-state index in [4.69, 9.17) is 0 Å². The van der Waals surface area contributed by atoms with Crippen molar-refractivity contribution in [3.05, 3.63) is 71.4 Å². The third-order valence-corrected chi connectivity index (χ3v) is 5.64. The summed E-state index contributed by atoms with van der Waals surface area (Å²) in [7, 11) is 2.03. The summed E-state index contributed by atoms with van der Waals surface area (Å²) in [6, 6.07) is 16.7. The molecule has 3 aromatic rings. The molecule has 1 atom stereocenters. The zero-order chi connectivity index (χ0) is 21.7. The van der Waals surface area contributed by atoms with Crippen molar-refractivity contribution in [3.8, 4) is 0 Å². The van der Waals surface area contributed by atoms with Crippen molar-refractivity contribution >= 4 is 22.5 Å². The Morgan fingerprint density at radius 1 is 1.17 bits per heavy atom. The van der Waals surface area contributed by atoms with Crippen LogP contribution in [0.15, 0.2) is 54.7 Å². The van der Waals surface area contributed by atoms with Crippen LogP contribution in [0.1, 0.15) is 48.3 Å². The van der Waals surface area contributed by atoms with Crippen LogP contribution in [0.5, 0.6) is 0 Å². The molecule has 0 radical (unpaired) electrons. The number of hydrogen-bond donors (Lipinski definition) is 2. The minimum Gasteiger partial charge on any atom is -0.354 e. The number of aryl methyl sites for hydroxylation is 1. The third kappa shape index (κ3) is 4.46. The second-order valence-electron chi connectivity index (χ2n) is 7.54. The number of nitrogens with zero attached hydrogens (tertiary/aromatic N) is 2. The molecule has 1 fully saturated rings. The largest absolute Gasteiger partial charge is 0.354 e. The smallest absolute Gasteiger partial charge is 0.252 e. The van der Waals surface area contributed by atoms with E-state index < -0.39 is 0 Å². The van der Waals surface area contributed by atoms with E-state index in [2.05, 4.69) is 44.8 Å². The lowest BCUT2D eigenvalue weighted by Crippen LogP contribution is -2.56. The Hall–Kier alpha value is -2.92. The molecule has 2 aromatic carbocycles. The minimum absolute atomic E-state index is 0.0679. The Labute approximate surface area is 179 Å². The Balaban J connectivity index is 0.00000124. The molecule has 0 saturated carbocycles. The van der Waals surface area contributed by atoms with Gasteiger partial charge in [0.25, 0.3) is 5.91 Å². The maximum Gasteiger partial charge on any atom is 0.252 e. The molecule has 2 N–H and O–H groups in total. The normalized spacial score (nSPS) is 14.3. The van der Waals surface area contributed by atoms with Gasteiger partial charge in [0.1, 0.15) is 5.82 Å². The molecule has 1 saturated heterocycles. The van der Waals surface area contributed by atoms with Gasteiger partial charge in [-0.3, -0.25) is 4.79 Å². The van der Waals surface area contributed by atoms with Crippen molar-refractivity contribution in [1.82, 2.24) is 15.6 Å². The topological polar surface area (TPSA) is 57.3 Å². The lowest BCUT2D eigenvalue weighted by atomic mass is 9.99. The molecule has 2 heterocycles. The van der Waals surface area contributed by atoms with E-state index in [1.807, 2.05) is 59.0 Å². The van der Waals surface area contributed by atoms with Crippen molar-refractivity contribution in [2.45, 2.75) is 39.8 Å². The molecule has 5 heteroatoms. The van der Waals surface area contributed by atoms with Gasteiger partial charge in [0.2, 0.25) is 0 Å². The zero-order valence-electron chi connectivity index (χ0n) is 18.6. The molecule has 0 spiro atoms. The number of amides is 1. The average Bonchev–Trinajstić information content (AvgIpc) is 2.73. The van der Waals surface area contributed by atoms with E-state index in [0.717, 1.165) is 30.0 Å². The first kappa shape index (κ1) is 21.8. The molecule has 158 valence electrons. The van der Waals surface area contributed by atoms with Crippen molar-refractivity contribution in [3.63, 3.8) is 0 Å². The third-order valence-electron chi connectivity index (χ3n) is 5.64. The summed E-state index contributed by atoms with van der Waals surface area (Å²) in [5.41, 5.74) is 2.68. The average molecular weight is 405 g/mol. The monoisotopic (exact) mass is 404 g/mol. The predicted octanol–water partition coefficient (Wildman–Crippen LogP) is 4.47. The van der Waals surface area contributed by atoms with Gasteiger partial charge in [-0.2, -0.15) is 0 Å². The number of hydrogen-bond acceptors (Lipinski definition) is 4. The van der Waals surface area contributed by atoms with Gasteiger partial charge in [0.15, 0.2) is 0 Å². The van der Waals surface area contributed by atoms with E-state index in [9.17, 15) is 4.79 Å². The van der Waals surface area contributed by atoms with Crippen molar-refractivity contribution in [2.24, 2.45) is 0 Å². The molecule has 4 rings (SSSR count). The van der Waals surface area contributed by atoms with Crippen LogP contribution in [-0.4, -0.2) is 37.1 Å². The highest BCUT2D eigenvalue weighted by Gasteiger charge is 2.24. The summed E-state index contributed by atoms with van der Waals surface area (Å²) in [5, 5.41) is 8.79. The first-order chi connectivity index (χ1) is 14.5. The van der Waals surface area contributed by atoms with Crippen LogP contribution in [0.4, 0.5) is 5.82 Å². The van der Waals surface area contributed by atoms with Gasteiger partial charge in [-0.1, -0.05) is 56.3 Å². The van der Waals surface area contributed by atoms with Gasteiger partial charge in [0, 0.05) is 31.9 Å². The summed E-state index contributed by atoms with van der Waals surface area (Å²) in [5.74, 6) is 0.766. The van der Waals surface area contributed by atoms with Crippen LogP contribution < -0.4 is 15.5 Å². The second kappa shape index (κ2) is 9.72. The number of rotatable bonds is 5. The quantitative estimate of drug-likeness (QED) is 0.659. The summed E-state index contributed by atoms with van der Waals surface area (Å²) in [6.07, 6.45) is 1.79. The van der Waals surface area contributed by atoms with Crippen LogP contribution >= 0.6 is 0 Å². The maximum absolute atomic E-state index is 13.0. The number of nitrogens with one attached hydrogen (secondary N) is 2. The van der Waals surface area contributed by atoms with Crippen LogP contribution in [0.2, 0.25) is 0 Å². The number of aromatic nitrogens is 1. The summed E-state index contributed by atoms with van der Waals surface area (Å²) in [6.45, 7) is 9.86. The van der Waals surface area contributed by atoms with Crippen molar-refractivity contribution in [2.75, 3.05) is 25.0 Å². The summed E-state index contributed by atoms with van der Waals surface area (Å²) < 4.78 is 0. The number of carbonyl (C=O) groups excluding carboxylic acids is 1. The Kier molecular flexibility index (Phi) is 7.06. The van der Waals surface area contributed by atoms with Crippen LogP contribution in [0, 0.1) is 6.92 Å². The number of carbonyl (C=O) groups is 1. The standard InChI is InChI=1S/C23H26N4O.C2H6/c1-15-12-25-22(27(3)18-13-24-14-18)11-21(15)23(28)26-16(2)19-10-6-8-17-7-4-5-9-20(17)19;1-2/h4-12,16,18,24H,13-14H2,1-3H3,(H,26,28);1-2H3. The Bertz CT molecular complexity index is 1010. The highest BCUT2D eigenvalue weighted by molar-refractivity contribution is 5.97. The highest BCUT2D eigenvalue weighted by Crippen LogP contribution is 2.25. The molecule has 0 bridgehead atoms. The Morgan fingerprint density at radius 2 is 1.87 bits per heavy atom. The van der Waals surface area contributed by atoms with Gasteiger partial charge in [-0.25, -0.2) is 4.98 Å². The number of fused-ring (bicyclic) bond motifs is 1. The molecule has 30 heavy (non-hydrogen) atoms. The Morgan fingerprint density at radius 3 is 2.57 bits per heavy atom. The van der Waals surface area contributed by atoms with E-state index in [-0.39, 0.29) is 11.9 Å². The molecule has 1 aliphatic rings. The van der Waals surface area contributed by atoms with Gasteiger partial charge >= 0.3 is 0 Å². The number of pyridine rings is 1. The summed E-state index contributed by atoms with van der Waals surface area (Å²) in [4.78, 5) is 19.7. The minimum atomic E-state index is -0.0943. The van der Waals surface area contributed by atoms with Crippen molar-refractivity contribution in [1.29, 1.82) is 0 Å². The van der Waals surface area contributed by atoms with Gasteiger partial charge in [-0.05, 0) is 41.8 Å². The lowest BCUT2D eigenvalue weighted by molar-refractivity contribution is 0.0939. The van der Waals surface area contributed by atoms with Crippen molar-refractivity contribution < 1.29 is 4.79 Å². The van der Waals surface area contributed by atoms with E-state index in [1.54, 1.807) is 6.20 Å². The van der Waals surface area contributed by atoms with Gasteiger partial charge in [0.05, 0.1) is 12.1 Å². The summed E-state index contributed by atoms with van der Waals surface area (Å²) >= 11 is 0. The van der Waals surface area contributed by atoms with E-state index in [1.165, 1.54) is 10.8 Å². The van der Waals surface area contributed by atoms with Crippen LogP contribution in [0.3, 0.4) is 0 Å². The van der Waals surface area contributed by atoms with E-state index >= 15 is 0 Å². The fraction of sp³-hybridized carbons (Fsp3) is 0.360. The number of likely N-dealkylation sites (N-methyl/N-ethyl adjacent to an activating group) is 1. The molecule has 1 unspecified atom stereocenters. The lowest BCUT2D eigenvalue weighted by Gasteiger charge is -2.36. The predicted molar refractivity (Wildman–Crippen MR) is 125 cm³/mol. The van der Waals surface area contributed by atoms with Crippen LogP contribution in [-0.2, 0) is 0 Å². The van der Waals surface area contributed by atoms with E-state index in [0.29, 0.717) is 11.6 Å². The molecule has 5 nitrogen and oxygen atoms in total. The highest BCUT2D eigenvalue weighted by atomic mass is 16.1. The first-order valence-corrected chi connectivity index (χ1v) is 10.7. The maximum atomic E-state index is 13.0. The molecule has 1 amide bonds. The van der Waals surface area contributed by atoms with Gasteiger partial charge in [-0.15, -0.1) is 0 Å². The molecule has 1 aliphatic heterocycles. The molecular formula is C25H32N4O. The molecule has 1 aromatic heterocycles.